The van der Waals surface area contributed by atoms with Gasteiger partial charge in [-0.1, -0.05) is 36.4 Å². The van der Waals surface area contributed by atoms with Crippen molar-refractivity contribution in [2.24, 2.45) is 0 Å². The molecule has 0 aliphatic carbocycles. The highest BCUT2D eigenvalue weighted by molar-refractivity contribution is 6.03. The van der Waals surface area contributed by atoms with E-state index in [0.29, 0.717) is 11.5 Å². The molecule has 5 nitrogen and oxygen atoms in total. The van der Waals surface area contributed by atoms with Crippen LogP contribution in [0.25, 0.3) is 0 Å². The predicted octanol–water partition coefficient (Wildman–Crippen LogP) is 4.39. The van der Waals surface area contributed by atoms with Gasteiger partial charge in [0.05, 0.1) is 0 Å². The molecule has 3 rings (SSSR count). The van der Waals surface area contributed by atoms with Gasteiger partial charge in [-0.2, -0.15) is 0 Å². The fourth-order valence-corrected chi connectivity index (χ4v) is 2.97. The van der Waals surface area contributed by atoms with Gasteiger partial charge in [-0.15, -0.1) is 0 Å². The van der Waals surface area contributed by atoms with Crippen molar-refractivity contribution in [1.29, 1.82) is 0 Å². The standard InChI is InChI=1S/C22H24N4O/c1-16-11-17(2)13-19(12-16)26-22(27)20-14-21(25-15-24-20)23-10-6-9-18-7-4-3-5-8-18/h3-5,7-8,11-15H,6,9-10H2,1-2H3,(H,26,27)(H,23,24,25). The Bertz CT molecular complexity index is 889. The van der Waals surface area contributed by atoms with Crippen LogP contribution >= 0.6 is 0 Å². The van der Waals surface area contributed by atoms with E-state index in [-0.39, 0.29) is 5.91 Å². The van der Waals surface area contributed by atoms with Crippen molar-refractivity contribution in [3.8, 4) is 0 Å². The zero-order valence-electron chi connectivity index (χ0n) is 15.7. The second kappa shape index (κ2) is 8.94. The zero-order chi connectivity index (χ0) is 19.1. The summed E-state index contributed by atoms with van der Waals surface area (Å²) in [6.07, 6.45) is 3.40. The number of carbonyl (C=O) groups is 1. The van der Waals surface area contributed by atoms with Gasteiger partial charge in [0.1, 0.15) is 17.8 Å². The van der Waals surface area contributed by atoms with Crippen LogP contribution < -0.4 is 10.6 Å². The molecule has 0 aliphatic heterocycles. The van der Waals surface area contributed by atoms with E-state index >= 15 is 0 Å². The molecule has 0 fully saturated rings. The molecule has 1 heterocycles. The number of aromatic nitrogens is 2. The second-order valence-corrected chi connectivity index (χ2v) is 6.63. The van der Waals surface area contributed by atoms with Crippen molar-refractivity contribution in [2.75, 3.05) is 17.2 Å². The number of benzene rings is 2. The number of hydrogen-bond acceptors (Lipinski definition) is 4. The quantitative estimate of drug-likeness (QED) is 0.613. The minimum atomic E-state index is -0.241. The molecule has 0 atom stereocenters. The highest BCUT2D eigenvalue weighted by Crippen LogP contribution is 2.15. The van der Waals surface area contributed by atoms with E-state index in [2.05, 4.69) is 38.8 Å². The van der Waals surface area contributed by atoms with Crippen LogP contribution in [0.1, 0.15) is 33.6 Å². The van der Waals surface area contributed by atoms with Gasteiger partial charge in [0.25, 0.3) is 5.91 Å². The first-order valence-electron chi connectivity index (χ1n) is 9.09. The summed E-state index contributed by atoms with van der Waals surface area (Å²) in [5.74, 6) is 0.415. The van der Waals surface area contributed by atoms with Gasteiger partial charge in [-0.25, -0.2) is 9.97 Å². The van der Waals surface area contributed by atoms with Crippen LogP contribution in [-0.2, 0) is 6.42 Å². The summed E-state index contributed by atoms with van der Waals surface area (Å²) in [6, 6.07) is 18.0. The summed E-state index contributed by atoms with van der Waals surface area (Å²) in [5, 5.41) is 6.16. The lowest BCUT2D eigenvalue weighted by Gasteiger charge is -2.09. The van der Waals surface area contributed by atoms with Crippen LogP contribution in [0.15, 0.2) is 60.9 Å². The molecular weight excluding hydrogens is 336 g/mol. The maximum absolute atomic E-state index is 12.5. The lowest BCUT2D eigenvalue weighted by molar-refractivity contribution is 0.102. The van der Waals surface area contributed by atoms with E-state index in [9.17, 15) is 4.79 Å². The molecular formula is C22H24N4O. The third-order valence-electron chi connectivity index (χ3n) is 4.17. The highest BCUT2D eigenvalue weighted by atomic mass is 16.1. The molecule has 0 saturated heterocycles. The molecule has 0 spiro atoms. The van der Waals surface area contributed by atoms with Crippen molar-refractivity contribution in [3.63, 3.8) is 0 Å². The lowest BCUT2D eigenvalue weighted by atomic mass is 10.1. The normalized spacial score (nSPS) is 10.4. The van der Waals surface area contributed by atoms with Gasteiger partial charge < -0.3 is 10.6 Å². The van der Waals surface area contributed by atoms with Gasteiger partial charge in [0.2, 0.25) is 0 Å². The van der Waals surface area contributed by atoms with E-state index in [0.717, 1.165) is 36.2 Å². The van der Waals surface area contributed by atoms with Crippen molar-refractivity contribution < 1.29 is 4.79 Å². The van der Waals surface area contributed by atoms with E-state index in [1.165, 1.54) is 11.9 Å². The zero-order valence-corrected chi connectivity index (χ0v) is 15.7. The van der Waals surface area contributed by atoms with E-state index < -0.39 is 0 Å². The summed E-state index contributed by atoms with van der Waals surface area (Å²) >= 11 is 0. The third-order valence-corrected chi connectivity index (χ3v) is 4.17. The fourth-order valence-electron chi connectivity index (χ4n) is 2.97. The summed E-state index contributed by atoms with van der Waals surface area (Å²) < 4.78 is 0. The Morgan fingerprint density at radius 2 is 1.70 bits per heavy atom. The van der Waals surface area contributed by atoms with Crippen molar-refractivity contribution >= 4 is 17.4 Å². The first-order valence-corrected chi connectivity index (χ1v) is 9.09. The van der Waals surface area contributed by atoms with E-state index in [1.807, 2.05) is 44.2 Å². The predicted molar refractivity (Wildman–Crippen MR) is 109 cm³/mol. The maximum atomic E-state index is 12.5. The Balaban J connectivity index is 1.55. The number of anilines is 2. The number of amides is 1. The number of hydrogen-bond donors (Lipinski definition) is 2. The minimum Gasteiger partial charge on any atom is -0.370 e. The summed E-state index contributed by atoms with van der Waals surface area (Å²) in [6.45, 7) is 4.79. The Hall–Kier alpha value is -3.21. The van der Waals surface area contributed by atoms with Crippen LogP contribution in [0.4, 0.5) is 11.5 Å². The second-order valence-electron chi connectivity index (χ2n) is 6.63. The molecule has 0 bridgehead atoms. The van der Waals surface area contributed by atoms with Crippen LogP contribution in [0.2, 0.25) is 0 Å². The van der Waals surface area contributed by atoms with Gasteiger partial charge >= 0.3 is 0 Å². The molecule has 27 heavy (non-hydrogen) atoms. The smallest absolute Gasteiger partial charge is 0.274 e. The number of rotatable bonds is 7. The molecule has 0 radical (unpaired) electrons. The fraction of sp³-hybridized carbons (Fsp3) is 0.227. The molecule has 1 aromatic heterocycles. The van der Waals surface area contributed by atoms with Gasteiger partial charge in [-0.05, 0) is 55.5 Å². The Kier molecular flexibility index (Phi) is 6.15. The van der Waals surface area contributed by atoms with Gasteiger partial charge in [-0.3, -0.25) is 4.79 Å². The van der Waals surface area contributed by atoms with Crippen molar-refractivity contribution in [3.05, 3.63) is 83.3 Å². The summed E-state index contributed by atoms with van der Waals surface area (Å²) in [4.78, 5) is 20.8. The molecule has 5 heteroatoms. The molecule has 0 unspecified atom stereocenters. The molecule has 0 aliphatic rings. The number of aryl methyl sites for hydroxylation is 3. The molecule has 1 amide bonds. The summed E-state index contributed by atoms with van der Waals surface area (Å²) in [7, 11) is 0. The molecule has 2 aromatic carbocycles. The first-order chi connectivity index (χ1) is 13.1. The molecule has 138 valence electrons. The number of carbonyl (C=O) groups excluding carboxylic acids is 1. The SMILES string of the molecule is Cc1cc(C)cc(NC(=O)c2cc(NCCCc3ccccc3)ncn2)c1. The van der Waals surface area contributed by atoms with Crippen LogP contribution in [0.5, 0.6) is 0 Å². The maximum Gasteiger partial charge on any atom is 0.274 e. The molecule has 0 saturated carbocycles. The largest absolute Gasteiger partial charge is 0.370 e. The Labute approximate surface area is 159 Å². The van der Waals surface area contributed by atoms with Crippen molar-refractivity contribution in [1.82, 2.24) is 9.97 Å². The Morgan fingerprint density at radius 1 is 0.963 bits per heavy atom. The van der Waals surface area contributed by atoms with Gasteiger partial charge in [0, 0.05) is 18.3 Å². The van der Waals surface area contributed by atoms with Crippen molar-refractivity contribution in [2.45, 2.75) is 26.7 Å². The van der Waals surface area contributed by atoms with Crippen LogP contribution in [-0.4, -0.2) is 22.4 Å². The highest BCUT2D eigenvalue weighted by Gasteiger charge is 2.09. The number of nitrogens with one attached hydrogen (secondary N) is 2. The Morgan fingerprint density at radius 3 is 2.44 bits per heavy atom. The monoisotopic (exact) mass is 360 g/mol. The average Bonchev–Trinajstić information content (AvgIpc) is 2.65. The average molecular weight is 360 g/mol. The van der Waals surface area contributed by atoms with E-state index in [1.54, 1.807) is 6.07 Å². The summed E-state index contributed by atoms with van der Waals surface area (Å²) in [5.41, 5.74) is 4.64. The van der Waals surface area contributed by atoms with Gasteiger partial charge in [0.15, 0.2) is 0 Å². The van der Waals surface area contributed by atoms with Crippen LogP contribution in [0.3, 0.4) is 0 Å². The minimum absolute atomic E-state index is 0.241. The van der Waals surface area contributed by atoms with Crippen LogP contribution in [0, 0.1) is 13.8 Å². The molecule has 2 N–H and O–H groups in total. The topological polar surface area (TPSA) is 66.9 Å². The van der Waals surface area contributed by atoms with E-state index in [4.69, 9.17) is 0 Å². The molecule has 3 aromatic rings. The lowest BCUT2D eigenvalue weighted by Crippen LogP contribution is -2.15. The first kappa shape index (κ1) is 18.6. The number of nitrogens with zero attached hydrogens (tertiary/aromatic N) is 2. The third kappa shape index (κ3) is 5.64.